The van der Waals surface area contributed by atoms with Gasteiger partial charge in [0, 0.05) is 12.1 Å². The minimum atomic E-state index is -0.735. The van der Waals surface area contributed by atoms with Crippen molar-refractivity contribution in [3.8, 4) is 0 Å². The van der Waals surface area contributed by atoms with Crippen molar-refractivity contribution >= 4 is 23.5 Å². The normalized spacial score (nSPS) is 10.9. The Morgan fingerprint density at radius 3 is 2.22 bits per heavy atom. The summed E-state index contributed by atoms with van der Waals surface area (Å²) in [5.41, 5.74) is 0.345. The number of nitrogens with zero attached hydrogens (tertiary/aromatic N) is 1. The second kappa shape index (κ2) is 5.72. The van der Waals surface area contributed by atoms with Crippen LogP contribution in [0.1, 0.15) is 12.5 Å². The first-order valence-corrected chi connectivity index (χ1v) is 5.01. The summed E-state index contributed by atoms with van der Waals surface area (Å²) in [4.78, 5) is 32.5. The molecule has 0 aliphatic rings. The van der Waals surface area contributed by atoms with E-state index in [1.54, 1.807) is 0 Å². The van der Waals surface area contributed by atoms with E-state index in [2.05, 4.69) is 4.74 Å². The lowest BCUT2D eigenvalue weighted by molar-refractivity contribution is -0.384. The van der Waals surface area contributed by atoms with Gasteiger partial charge in [-0.05, 0) is 30.7 Å². The Hall–Kier alpha value is -2.50. The van der Waals surface area contributed by atoms with Crippen molar-refractivity contribution in [2.45, 2.75) is 6.92 Å². The summed E-state index contributed by atoms with van der Waals surface area (Å²) < 4.78 is 4.47. The Kier molecular flexibility index (Phi) is 4.31. The lowest BCUT2D eigenvalue weighted by atomic mass is 10.1. The van der Waals surface area contributed by atoms with Crippen molar-refractivity contribution < 1.29 is 19.2 Å². The molecule has 0 radical (unpaired) electrons. The third-order valence-corrected chi connectivity index (χ3v) is 2.20. The Morgan fingerprint density at radius 2 is 1.83 bits per heavy atom. The van der Waals surface area contributed by atoms with E-state index in [0.29, 0.717) is 5.56 Å². The highest BCUT2D eigenvalue weighted by atomic mass is 16.6. The second-order valence-corrected chi connectivity index (χ2v) is 3.45. The Bertz CT molecular complexity index is 516. The number of esters is 1. The molecule has 1 aromatic rings. The van der Waals surface area contributed by atoms with Gasteiger partial charge >= 0.3 is 5.97 Å². The van der Waals surface area contributed by atoms with Crippen molar-refractivity contribution in [1.82, 2.24) is 0 Å². The predicted molar refractivity (Wildman–Crippen MR) is 63.8 cm³/mol. The summed E-state index contributed by atoms with van der Waals surface area (Å²) in [5, 5.41) is 10.5. The van der Waals surface area contributed by atoms with Crippen molar-refractivity contribution in [2.75, 3.05) is 7.11 Å². The smallest absolute Gasteiger partial charge is 0.341 e. The van der Waals surface area contributed by atoms with Crippen LogP contribution in [0.5, 0.6) is 0 Å². The molecular weight excluding hydrogens is 238 g/mol. The van der Waals surface area contributed by atoms with Crippen molar-refractivity contribution in [3.05, 3.63) is 45.5 Å². The summed E-state index contributed by atoms with van der Waals surface area (Å²) in [7, 11) is 1.18. The number of methoxy groups -OCH3 is 1. The molecule has 0 saturated carbocycles. The van der Waals surface area contributed by atoms with Gasteiger partial charge in [-0.3, -0.25) is 14.9 Å². The molecule has 0 fully saturated rings. The number of hydrogen-bond donors (Lipinski definition) is 0. The first-order chi connectivity index (χ1) is 8.45. The fourth-order valence-corrected chi connectivity index (χ4v) is 1.27. The number of nitro benzene ring substituents is 1. The van der Waals surface area contributed by atoms with Gasteiger partial charge in [0.25, 0.3) is 5.69 Å². The van der Waals surface area contributed by atoms with E-state index in [0.717, 1.165) is 0 Å². The van der Waals surface area contributed by atoms with E-state index < -0.39 is 16.7 Å². The van der Waals surface area contributed by atoms with Gasteiger partial charge in [0.1, 0.15) is 5.57 Å². The zero-order valence-corrected chi connectivity index (χ0v) is 9.88. The van der Waals surface area contributed by atoms with Gasteiger partial charge in [-0.15, -0.1) is 0 Å². The van der Waals surface area contributed by atoms with Crippen LogP contribution < -0.4 is 0 Å². The molecule has 1 aromatic carbocycles. The van der Waals surface area contributed by atoms with Crippen molar-refractivity contribution in [2.24, 2.45) is 0 Å². The molecule has 0 aromatic heterocycles. The number of hydrogen-bond acceptors (Lipinski definition) is 5. The quantitative estimate of drug-likeness (QED) is 0.202. The molecule has 94 valence electrons. The number of nitro groups is 1. The maximum absolute atomic E-state index is 11.3. The summed E-state index contributed by atoms with van der Waals surface area (Å²) >= 11 is 0. The molecule has 0 heterocycles. The molecule has 0 amide bonds. The molecule has 0 unspecified atom stereocenters. The van der Waals surface area contributed by atoms with E-state index >= 15 is 0 Å². The van der Waals surface area contributed by atoms with Crippen LogP contribution >= 0.6 is 0 Å². The van der Waals surface area contributed by atoms with Gasteiger partial charge in [-0.1, -0.05) is 0 Å². The fraction of sp³-hybridized carbons (Fsp3) is 0.167. The van der Waals surface area contributed by atoms with Crippen molar-refractivity contribution in [3.63, 3.8) is 0 Å². The number of ether oxygens (including phenoxy) is 1. The van der Waals surface area contributed by atoms with Gasteiger partial charge in [-0.25, -0.2) is 4.79 Å². The Balaban J connectivity index is 3.09. The maximum atomic E-state index is 11.3. The van der Waals surface area contributed by atoms with Crippen LogP contribution in [-0.2, 0) is 14.3 Å². The van der Waals surface area contributed by atoms with E-state index in [9.17, 15) is 19.7 Å². The first kappa shape index (κ1) is 13.6. The second-order valence-electron chi connectivity index (χ2n) is 3.45. The Labute approximate surface area is 103 Å². The lowest BCUT2D eigenvalue weighted by Crippen LogP contribution is -2.11. The molecule has 0 aliphatic carbocycles. The number of non-ortho nitro benzene ring substituents is 1. The molecule has 6 nitrogen and oxygen atoms in total. The SMILES string of the molecule is COC(=O)/C(=C\c1ccc([N+](=O)[O-])cc1)C(C)=O. The average Bonchev–Trinajstić information content (AvgIpc) is 2.35. The maximum Gasteiger partial charge on any atom is 0.341 e. The van der Waals surface area contributed by atoms with E-state index in [1.807, 2.05) is 0 Å². The predicted octanol–water partition coefficient (Wildman–Crippen LogP) is 1.74. The number of rotatable bonds is 4. The van der Waals surface area contributed by atoms with Crippen LogP contribution in [0, 0.1) is 10.1 Å². The van der Waals surface area contributed by atoms with E-state index in [1.165, 1.54) is 44.4 Å². The van der Waals surface area contributed by atoms with E-state index in [4.69, 9.17) is 0 Å². The molecule has 1 rings (SSSR count). The lowest BCUT2D eigenvalue weighted by Gasteiger charge is -2.01. The van der Waals surface area contributed by atoms with Crippen LogP contribution in [0.2, 0.25) is 0 Å². The van der Waals surface area contributed by atoms with Gasteiger partial charge in [-0.2, -0.15) is 0 Å². The topological polar surface area (TPSA) is 86.5 Å². The summed E-state index contributed by atoms with van der Waals surface area (Å²) in [5.74, 6) is -1.17. The molecule has 0 atom stereocenters. The number of Topliss-reactive ketones (excluding diaryl/α,β-unsaturated/α-hetero) is 1. The third kappa shape index (κ3) is 3.24. The van der Waals surface area contributed by atoms with Crippen LogP contribution in [0.4, 0.5) is 5.69 Å². The van der Waals surface area contributed by atoms with Crippen LogP contribution in [0.15, 0.2) is 29.8 Å². The highest BCUT2D eigenvalue weighted by Crippen LogP contribution is 2.15. The molecule has 0 aliphatic heterocycles. The molecular formula is C12H11NO5. The van der Waals surface area contributed by atoms with E-state index in [-0.39, 0.29) is 11.3 Å². The number of carbonyl (C=O) groups excluding carboxylic acids is 2. The molecule has 0 N–H and O–H groups in total. The van der Waals surface area contributed by atoms with Gasteiger partial charge in [0.2, 0.25) is 0 Å². The highest BCUT2D eigenvalue weighted by Gasteiger charge is 2.14. The zero-order chi connectivity index (χ0) is 13.7. The first-order valence-electron chi connectivity index (χ1n) is 5.01. The fourth-order valence-electron chi connectivity index (χ4n) is 1.27. The molecule has 0 spiro atoms. The van der Waals surface area contributed by atoms with Crippen LogP contribution in [-0.4, -0.2) is 23.8 Å². The number of benzene rings is 1. The number of carbonyl (C=O) groups is 2. The van der Waals surface area contributed by atoms with Crippen LogP contribution in [0.3, 0.4) is 0 Å². The van der Waals surface area contributed by atoms with Gasteiger partial charge in [0.15, 0.2) is 5.78 Å². The molecule has 6 heteroatoms. The monoisotopic (exact) mass is 249 g/mol. The minimum Gasteiger partial charge on any atom is -0.465 e. The summed E-state index contributed by atoms with van der Waals surface area (Å²) in [6.07, 6.45) is 1.33. The minimum absolute atomic E-state index is 0.0606. The van der Waals surface area contributed by atoms with Gasteiger partial charge in [0.05, 0.1) is 12.0 Å². The Morgan fingerprint density at radius 1 is 1.28 bits per heavy atom. The molecule has 0 bridgehead atoms. The largest absolute Gasteiger partial charge is 0.465 e. The molecule has 18 heavy (non-hydrogen) atoms. The highest BCUT2D eigenvalue weighted by molar-refractivity contribution is 6.19. The summed E-state index contributed by atoms with van der Waals surface area (Å²) in [6.45, 7) is 1.24. The zero-order valence-electron chi connectivity index (χ0n) is 9.88. The van der Waals surface area contributed by atoms with Crippen LogP contribution in [0.25, 0.3) is 6.08 Å². The number of ketones is 1. The van der Waals surface area contributed by atoms with Crippen molar-refractivity contribution in [1.29, 1.82) is 0 Å². The summed E-state index contributed by atoms with van der Waals surface area (Å²) in [6, 6.07) is 5.48. The standard InChI is InChI=1S/C12H11NO5/c1-8(14)11(12(15)18-2)7-9-3-5-10(6-4-9)13(16)17/h3-7H,1-2H3/b11-7-. The average molecular weight is 249 g/mol. The molecule has 0 saturated heterocycles. The van der Waals surface area contributed by atoms with Gasteiger partial charge < -0.3 is 4.74 Å². The third-order valence-electron chi connectivity index (χ3n) is 2.20.